The molecule has 15 nitrogen and oxygen atoms in total. The van der Waals surface area contributed by atoms with Crippen LogP contribution in [0.4, 0.5) is 10.6 Å². The SMILES string of the molecule is CC(=O)OCC1[C@@H](OC(C)=O)[C@@H](OC(C)=O)[C@H](c2c[nH]c3c(N=[N+]=[N-])ncnc23)N1C(=O)OC(C)(C)C. The fraction of sp³-hybridized carbons (Fsp3) is 0.545. The van der Waals surface area contributed by atoms with Crippen molar-refractivity contribution < 1.29 is 38.1 Å². The monoisotopic (exact) mass is 517 g/mol. The van der Waals surface area contributed by atoms with E-state index in [-0.39, 0.29) is 23.5 Å². The van der Waals surface area contributed by atoms with Gasteiger partial charge in [-0.25, -0.2) is 14.8 Å². The molecule has 0 aliphatic carbocycles. The van der Waals surface area contributed by atoms with Crippen LogP contribution in [0.25, 0.3) is 21.5 Å². The van der Waals surface area contributed by atoms with Gasteiger partial charge in [-0.05, 0) is 31.4 Å². The molecule has 0 radical (unpaired) electrons. The van der Waals surface area contributed by atoms with E-state index < -0.39 is 53.9 Å². The third-order valence-corrected chi connectivity index (χ3v) is 5.27. The van der Waals surface area contributed by atoms with E-state index >= 15 is 0 Å². The number of likely N-dealkylation sites (tertiary alicyclic amines) is 1. The number of carbonyl (C=O) groups excluding carboxylic acids is 4. The summed E-state index contributed by atoms with van der Waals surface area (Å²) in [5.41, 5.74) is 8.79. The van der Waals surface area contributed by atoms with Gasteiger partial charge >= 0.3 is 24.0 Å². The van der Waals surface area contributed by atoms with Gasteiger partial charge in [0.1, 0.15) is 30.6 Å². The summed E-state index contributed by atoms with van der Waals surface area (Å²) >= 11 is 0. The van der Waals surface area contributed by atoms with Gasteiger partial charge in [0.05, 0.1) is 11.0 Å². The third kappa shape index (κ3) is 6.06. The Morgan fingerprint density at radius 2 is 1.73 bits per heavy atom. The van der Waals surface area contributed by atoms with E-state index in [4.69, 9.17) is 24.5 Å². The second-order valence-electron chi connectivity index (χ2n) is 9.20. The maximum Gasteiger partial charge on any atom is 0.411 e. The van der Waals surface area contributed by atoms with Crippen LogP contribution in [0.2, 0.25) is 0 Å². The van der Waals surface area contributed by atoms with Gasteiger partial charge in [0, 0.05) is 37.4 Å². The van der Waals surface area contributed by atoms with Crippen molar-refractivity contribution in [2.24, 2.45) is 5.11 Å². The van der Waals surface area contributed by atoms with Crippen LogP contribution in [0.1, 0.15) is 53.1 Å². The van der Waals surface area contributed by atoms with Crippen molar-refractivity contribution in [1.82, 2.24) is 19.9 Å². The van der Waals surface area contributed by atoms with Crippen molar-refractivity contribution in [2.45, 2.75) is 71.4 Å². The summed E-state index contributed by atoms with van der Waals surface area (Å²) < 4.78 is 21.9. The van der Waals surface area contributed by atoms with Gasteiger partial charge in [0.2, 0.25) is 0 Å². The molecule has 1 N–H and O–H groups in total. The van der Waals surface area contributed by atoms with E-state index in [0.717, 1.165) is 20.2 Å². The predicted molar refractivity (Wildman–Crippen MR) is 125 cm³/mol. The van der Waals surface area contributed by atoms with Crippen LogP contribution < -0.4 is 0 Å². The zero-order valence-corrected chi connectivity index (χ0v) is 21.1. The molecule has 0 aromatic carbocycles. The van der Waals surface area contributed by atoms with E-state index in [2.05, 4.69) is 25.0 Å². The highest BCUT2D eigenvalue weighted by Crippen LogP contribution is 2.44. The van der Waals surface area contributed by atoms with E-state index in [1.165, 1.54) is 18.0 Å². The van der Waals surface area contributed by atoms with Crippen LogP contribution in [0, 0.1) is 0 Å². The van der Waals surface area contributed by atoms with E-state index in [1.54, 1.807) is 20.8 Å². The molecule has 1 saturated heterocycles. The molecule has 1 aliphatic rings. The van der Waals surface area contributed by atoms with Gasteiger partial charge < -0.3 is 23.9 Å². The standard InChI is InChI=1S/C22H27N7O8/c1-10(30)34-8-14-18(35-11(2)31)19(36-12(3)32)17(29(14)21(33)37-22(4,5)6)13-7-24-16-15(13)25-9-26-20(16)27-28-23/h7,9,14,17-19,24H,8H2,1-6H3/t14?,17-,18+,19-/m0/s1. The Morgan fingerprint density at radius 1 is 1.08 bits per heavy atom. The lowest BCUT2D eigenvalue weighted by atomic mass is 10.0. The molecule has 1 unspecified atom stereocenters. The maximum absolute atomic E-state index is 13.6. The summed E-state index contributed by atoms with van der Waals surface area (Å²) in [5.74, 6) is -2.07. The lowest BCUT2D eigenvalue weighted by Crippen LogP contribution is -2.47. The van der Waals surface area contributed by atoms with Crippen LogP contribution in [0.3, 0.4) is 0 Å². The summed E-state index contributed by atoms with van der Waals surface area (Å²) in [6, 6.07) is -2.22. The van der Waals surface area contributed by atoms with E-state index in [9.17, 15) is 19.2 Å². The molecule has 15 heteroatoms. The number of amides is 1. The number of nitrogens with zero attached hydrogens (tertiary/aromatic N) is 6. The van der Waals surface area contributed by atoms with Crippen LogP contribution in [-0.4, -0.2) is 74.3 Å². The summed E-state index contributed by atoms with van der Waals surface area (Å²) in [6.07, 6.45) is -0.682. The number of aromatic nitrogens is 3. The molecule has 4 atom stereocenters. The second-order valence-corrected chi connectivity index (χ2v) is 9.20. The molecule has 1 aliphatic heterocycles. The molecule has 0 spiro atoms. The number of rotatable bonds is 6. The molecule has 2 aromatic heterocycles. The van der Waals surface area contributed by atoms with Gasteiger partial charge in [0.15, 0.2) is 18.0 Å². The van der Waals surface area contributed by atoms with Crippen LogP contribution in [-0.2, 0) is 33.3 Å². The predicted octanol–water partition coefficient (Wildman–Crippen LogP) is 2.99. The first-order chi connectivity index (χ1) is 17.3. The Hall–Kier alpha value is -4.39. The number of aromatic amines is 1. The molecular formula is C22H27N7O8. The molecule has 37 heavy (non-hydrogen) atoms. The number of nitrogens with one attached hydrogen (secondary N) is 1. The molecule has 1 fully saturated rings. The number of fused-ring (bicyclic) bond motifs is 1. The molecule has 1 amide bonds. The largest absolute Gasteiger partial charge is 0.464 e. The van der Waals surface area contributed by atoms with Gasteiger partial charge in [-0.1, -0.05) is 0 Å². The van der Waals surface area contributed by atoms with Crippen LogP contribution in [0.15, 0.2) is 17.6 Å². The number of hydrogen-bond acceptors (Lipinski definition) is 11. The van der Waals surface area contributed by atoms with E-state index in [1.807, 2.05) is 0 Å². The summed E-state index contributed by atoms with van der Waals surface area (Å²) in [6.45, 7) is 8.10. The molecule has 0 bridgehead atoms. The first-order valence-electron chi connectivity index (χ1n) is 11.2. The number of azide groups is 1. The highest BCUT2D eigenvalue weighted by molar-refractivity contribution is 5.88. The highest BCUT2D eigenvalue weighted by Gasteiger charge is 2.57. The number of ether oxygens (including phenoxy) is 4. The van der Waals surface area contributed by atoms with Gasteiger partial charge in [-0.2, -0.15) is 0 Å². The fourth-order valence-electron chi connectivity index (χ4n) is 4.14. The minimum Gasteiger partial charge on any atom is -0.464 e. The smallest absolute Gasteiger partial charge is 0.411 e. The fourth-order valence-corrected chi connectivity index (χ4v) is 4.14. The Bertz CT molecular complexity index is 1260. The quantitative estimate of drug-likeness (QED) is 0.195. The summed E-state index contributed by atoms with van der Waals surface area (Å²) in [5, 5.41) is 3.54. The average molecular weight is 517 g/mol. The average Bonchev–Trinajstić information content (AvgIpc) is 3.31. The second kappa shape index (κ2) is 10.7. The summed E-state index contributed by atoms with van der Waals surface area (Å²) in [4.78, 5) is 64.5. The van der Waals surface area contributed by atoms with Crippen molar-refractivity contribution >= 4 is 40.9 Å². The number of esters is 3. The van der Waals surface area contributed by atoms with Crippen LogP contribution in [0.5, 0.6) is 0 Å². The molecule has 198 valence electrons. The Morgan fingerprint density at radius 3 is 2.30 bits per heavy atom. The van der Waals surface area contributed by atoms with Gasteiger partial charge in [0.25, 0.3) is 0 Å². The third-order valence-electron chi connectivity index (χ3n) is 5.27. The van der Waals surface area contributed by atoms with Gasteiger partial charge in [-0.3, -0.25) is 19.3 Å². The minimum absolute atomic E-state index is 0.00222. The number of hydrogen-bond donors (Lipinski definition) is 1. The molecule has 2 aromatic rings. The normalized spacial score (nSPS) is 21.2. The number of H-pyrrole nitrogens is 1. The van der Waals surface area contributed by atoms with Crippen molar-refractivity contribution in [3.8, 4) is 0 Å². The Balaban J connectivity index is 2.27. The molecule has 3 heterocycles. The Kier molecular flexibility index (Phi) is 7.87. The van der Waals surface area contributed by atoms with Crippen molar-refractivity contribution in [1.29, 1.82) is 0 Å². The highest BCUT2D eigenvalue weighted by atomic mass is 16.6. The lowest BCUT2D eigenvalue weighted by Gasteiger charge is -2.32. The van der Waals surface area contributed by atoms with Crippen molar-refractivity contribution in [3.63, 3.8) is 0 Å². The first kappa shape index (κ1) is 27.2. The zero-order chi connectivity index (χ0) is 27.5. The first-order valence-corrected chi connectivity index (χ1v) is 11.2. The van der Waals surface area contributed by atoms with E-state index in [0.29, 0.717) is 5.56 Å². The van der Waals surface area contributed by atoms with Crippen molar-refractivity contribution in [3.05, 3.63) is 28.5 Å². The van der Waals surface area contributed by atoms with Crippen LogP contribution >= 0.6 is 0 Å². The Labute approximate surface area is 211 Å². The zero-order valence-electron chi connectivity index (χ0n) is 21.1. The van der Waals surface area contributed by atoms with Gasteiger partial charge in [-0.15, -0.1) is 0 Å². The van der Waals surface area contributed by atoms with Crippen molar-refractivity contribution in [2.75, 3.05) is 6.61 Å². The number of carbonyl (C=O) groups is 4. The topological polar surface area (TPSA) is 199 Å². The maximum atomic E-state index is 13.6. The minimum atomic E-state index is -1.24. The molecule has 3 rings (SSSR count). The summed E-state index contributed by atoms with van der Waals surface area (Å²) in [7, 11) is 0. The molecule has 0 saturated carbocycles. The molecular weight excluding hydrogens is 490 g/mol. The lowest BCUT2D eigenvalue weighted by molar-refractivity contribution is -0.165.